The Morgan fingerprint density at radius 2 is 2.23 bits per heavy atom. The number of dihydropyridines is 1. The van der Waals surface area contributed by atoms with E-state index in [0.717, 1.165) is 0 Å². The highest BCUT2D eigenvalue weighted by Crippen LogP contribution is 2.24. The third-order valence-electron chi connectivity index (χ3n) is 1.86. The number of halogens is 1. The van der Waals surface area contributed by atoms with Gasteiger partial charge in [0.2, 0.25) is 5.79 Å². The first-order valence-corrected chi connectivity index (χ1v) is 4.04. The molecule has 0 spiro atoms. The van der Waals surface area contributed by atoms with Crippen molar-refractivity contribution in [3.63, 3.8) is 0 Å². The lowest BCUT2D eigenvalue weighted by molar-refractivity contribution is 0.193. The van der Waals surface area contributed by atoms with Crippen LogP contribution in [0, 0.1) is 0 Å². The molecule has 0 amide bonds. The number of aromatic nitrogens is 1. The van der Waals surface area contributed by atoms with E-state index in [9.17, 15) is 4.39 Å². The molecule has 2 rings (SSSR count). The van der Waals surface area contributed by atoms with Crippen molar-refractivity contribution in [3.8, 4) is 0 Å². The summed E-state index contributed by atoms with van der Waals surface area (Å²) in [6, 6.07) is 5.17. The molecule has 0 aliphatic carbocycles. The van der Waals surface area contributed by atoms with Gasteiger partial charge in [0.15, 0.2) is 0 Å². The van der Waals surface area contributed by atoms with Crippen molar-refractivity contribution >= 4 is 0 Å². The minimum atomic E-state index is -1.66. The standard InChI is InChI=1S/C10H9FN2/c11-10(6-2-4-8-13-10)9-5-1-3-7-12-9/h1-8,13H. The first kappa shape index (κ1) is 7.98. The summed E-state index contributed by atoms with van der Waals surface area (Å²) in [5.41, 5.74) is 0.371. The Labute approximate surface area is 75.8 Å². The highest BCUT2D eigenvalue weighted by atomic mass is 19.1. The number of allylic oxidation sites excluding steroid dienone is 2. The van der Waals surface area contributed by atoms with Gasteiger partial charge < -0.3 is 5.32 Å². The second-order valence-electron chi connectivity index (χ2n) is 2.79. The van der Waals surface area contributed by atoms with Crippen LogP contribution in [-0.2, 0) is 5.79 Å². The largest absolute Gasteiger partial charge is 0.351 e. The minimum Gasteiger partial charge on any atom is -0.351 e. The molecule has 2 heterocycles. The zero-order chi connectivity index (χ0) is 9.15. The van der Waals surface area contributed by atoms with Crippen molar-refractivity contribution in [1.82, 2.24) is 10.3 Å². The van der Waals surface area contributed by atoms with E-state index in [1.54, 1.807) is 42.7 Å². The molecule has 1 unspecified atom stereocenters. The van der Waals surface area contributed by atoms with Crippen LogP contribution < -0.4 is 5.32 Å². The third-order valence-corrected chi connectivity index (χ3v) is 1.86. The second kappa shape index (κ2) is 3.01. The Morgan fingerprint density at radius 1 is 1.31 bits per heavy atom. The summed E-state index contributed by atoms with van der Waals surface area (Å²) >= 11 is 0. The fourth-order valence-corrected chi connectivity index (χ4v) is 1.20. The smallest absolute Gasteiger partial charge is 0.242 e. The Bertz CT molecular complexity index is 345. The lowest BCUT2D eigenvalue weighted by atomic mass is 10.1. The SMILES string of the molecule is FC1(c2ccccn2)C=CC=CN1. The van der Waals surface area contributed by atoms with Crippen LogP contribution >= 0.6 is 0 Å². The predicted molar refractivity (Wildman–Crippen MR) is 48.4 cm³/mol. The zero-order valence-electron chi connectivity index (χ0n) is 6.94. The summed E-state index contributed by atoms with van der Waals surface area (Å²) in [4.78, 5) is 3.95. The van der Waals surface area contributed by atoms with Gasteiger partial charge in [-0.3, -0.25) is 4.98 Å². The number of hydrogen-bond acceptors (Lipinski definition) is 2. The summed E-state index contributed by atoms with van der Waals surface area (Å²) < 4.78 is 14.0. The predicted octanol–water partition coefficient (Wildman–Crippen LogP) is 1.88. The summed E-state index contributed by atoms with van der Waals surface area (Å²) in [5.74, 6) is -1.66. The Morgan fingerprint density at radius 3 is 2.85 bits per heavy atom. The van der Waals surface area contributed by atoms with E-state index in [-0.39, 0.29) is 0 Å². The zero-order valence-corrected chi connectivity index (χ0v) is 6.94. The average Bonchev–Trinajstić information content (AvgIpc) is 2.20. The van der Waals surface area contributed by atoms with Crippen molar-refractivity contribution in [3.05, 3.63) is 54.5 Å². The summed E-state index contributed by atoms with van der Waals surface area (Å²) in [7, 11) is 0. The summed E-state index contributed by atoms with van der Waals surface area (Å²) in [5, 5.41) is 2.62. The van der Waals surface area contributed by atoms with Crippen molar-refractivity contribution in [2.24, 2.45) is 0 Å². The van der Waals surface area contributed by atoms with E-state index in [2.05, 4.69) is 10.3 Å². The summed E-state index contributed by atoms with van der Waals surface area (Å²) in [6.45, 7) is 0. The normalized spacial score (nSPS) is 25.6. The topological polar surface area (TPSA) is 24.9 Å². The monoisotopic (exact) mass is 176 g/mol. The molecule has 0 saturated heterocycles. The molecule has 0 saturated carbocycles. The number of nitrogens with zero attached hydrogens (tertiary/aromatic N) is 1. The second-order valence-corrected chi connectivity index (χ2v) is 2.79. The molecule has 66 valence electrons. The Kier molecular flexibility index (Phi) is 1.85. The molecule has 1 N–H and O–H groups in total. The quantitative estimate of drug-likeness (QED) is 0.661. The highest BCUT2D eigenvalue weighted by molar-refractivity contribution is 5.25. The molecule has 3 heteroatoms. The molecular formula is C10H9FN2. The van der Waals surface area contributed by atoms with Crippen LogP contribution in [0.1, 0.15) is 5.69 Å². The molecule has 1 aliphatic rings. The molecule has 2 nitrogen and oxygen atoms in total. The molecule has 0 aromatic carbocycles. The van der Waals surface area contributed by atoms with Gasteiger partial charge in [-0.1, -0.05) is 12.1 Å². The molecule has 13 heavy (non-hydrogen) atoms. The van der Waals surface area contributed by atoms with E-state index in [1.807, 2.05) is 0 Å². The van der Waals surface area contributed by atoms with Crippen LogP contribution in [0.25, 0.3) is 0 Å². The minimum absolute atomic E-state index is 0.371. The van der Waals surface area contributed by atoms with Gasteiger partial charge in [-0.25, -0.2) is 4.39 Å². The molecule has 0 bridgehead atoms. The third kappa shape index (κ3) is 1.45. The number of hydrogen-bond donors (Lipinski definition) is 1. The fraction of sp³-hybridized carbons (Fsp3) is 0.100. The van der Waals surface area contributed by atoms with Crippen LogP contribution in [0.15, 0.2) is 48.8 Å². The average molecular weight is 176 g/mol. The van der Waals surface area contributed by atoms with Gasteiger partial charge in [-0.2, -0.15) is 0 Å². The molecule has 1 aliphatic heterocycles. The van der Waals surface area contributed by atoms with Gasteiger partial charge in [0.1, 0.15) is 5.69 Å². The Hall–Kier alpha value is -1.64. The fourth-order valence-electron chi connectivity index (χ4n) is 1.20. The molecule has 1 aromatic heterocycles. The molecule has 0 fully saturated rings. The van der Waals surface area contributed by atoms with Crippen LogP contribution in [0.2, 0.25) is 0 Å². The van der Waals surface area contributed by atoms with Crippen molar-refractivity contribution in [2.45, 2.75) is 5.79 Å². The van der Waals surface area contributed by atoms with Gasteiger partial charge in [-0.15, -0.1) is 0 Å². The lowest BCUT2D eigenvalue weighted by Crippen LogP contribution is -2.34. The number of nitrogens with one attached hydrogen (secondary N) is 1. The number of pyridine rings is 1. The lowest BCUT2D eigenvalue weighted by Gasteiger charge is -2.23. The maximum atomic E-state index is 14.0. The van der Waals surface area contributed by atoms with Crippen molar-refractivity contribution < 1.29 is 4.39 Å². The molecule has 1 atom stereocenters. The van der Waals surface area contributed by atoms with Gasteiger partial charge in [0.25, 0.3) is 0 Å². The van der Waals surface area contributed by atoms with Crippen LogP contribution in [0.4, 0.5) is 4.39 Å². The van der Waals surface area contributed by atoms with Gasteiger partial charge in [0.05, 0.1) is 0 Å². The maximum Gasteiger partial charge on any atom is 0.242 e. The van der Waals surface area contributed by atoms with E-state index in [1.165, 1.54) is 6.08 Å². The van der Waals surface area contributed by atoms with E-state index < -0.39 is 5.79 Å². The van der Waals surface area contributed by atoms with Crippen molar-refractivity contribution in [2.75, 3.05) is 0 Å². The first-order chi connectivity index (χ1) is 6.31. The Balaban J connectivity index is 2.35. The van der Waals surface area contributed by atoms with E-state index in [4.69, 9.17) is 0 Å². The van der Waals surface area contributed by atoms with Crippen molar-refractivity contribution in [1.29, 1.82) is 0 Å². The summed E-state index contributed by atoms with van der Waals surface area (Å²) in [6.07, 6.45) is 7.97. The maximum absolute atomic E-state index is 14.0. The van der Waals surface area contributed by atoms with Gasteiger partial charge >= 0.3 is 0 Å². The molecule has 0 radical (unpaired) electrons. The molecule has 1 aromatic rings. The molecular weight excluding hydrogens is 167 g/mol. The number of alkyl halides is 1. The highest BCUT2D eigenvalue weighted by Gasteiger charge is 2.29. The first-order valence-electron chi connectivity index (χ1n) is 4.04. The van der Waals surface area contributed by atoms with Crippen LogP contribution in [-0.4, -0.2) is 4.98 Å². The van der Waals surface area contributed by atoms with Crippen LogP contribution in [0.3, 0.4) is 0 Å². The van der Waals surface area contributed by atoms with E-state index in [0.29, 0.717) is 5.69 Å². The van der Waals surface area contributed by atoms with Crippen LogP contribution in [0.5, 0.6) is 0 Å². The van der Waals surface area contributed by atoms with E-state index >= 15 is 0 Å². The van der Waals surface area contributed by atoms with Gasteiger partial charge in [0, 0.05) is 6.20 Å². The number of rotatable bonds is 1. The van der Waals surface area contributed by atoms with Gasteiger partial charge in [-0.05, 0) is 30.5 Å².